The maximum atomic E-state index is 11.6. The van der Waals surface area contributed by atoms with Gasteiger partial charge in [0.1, 0.15) is 0 Å². The van der Waals surface area contributed by atoms with E-state index in [2.05, 4.69) is 24.5 Å². The fraction of sp³-hybridized carbons (Fsp3) is 0.941. The van der Waals surface area contributed by atoms with Crippen molar-refractivity contribution in [1.82, 2.24) is 14.9 Å². The molecule has 25 heavy (non-hydrogen) atoms. The Bertz CT molecular complexity index is 491. The first-order valence-corrected chi connectivity index (χ1v) is 11.2. The van der Waals surface area contributed by atoms with Gasteiger partial charge in [0.2, 0.25) is 10.0 Å². The minimum Gasteiger partial charge on any atom is -0.357 e. The molecule has 2 N–H and O–H groups in total. The van der Waals surface area contributed by atoms with Gasteiger partial charge < -0.3 is 10.6 Å². The second kappa shape index (κ2) is 12.3. The van der Waals surface area contributed by atoms with E-state index in [-0.39, 0.29) is 24.0 Å². The number of aliphatic imine (C=N–C) groups is 1. The normalized spacial score (nSPS) is 17.4. The van der Waals surface area contributed by atoms with Crippen molar-refractivity contribution < 1.29 is 8.42 Å². The predicted molar refractivity (Wildman–Crippen MR) is 117 cm³/mol. The van der Waals surface area contributed by atoms with Gasteiger partial charge in [0.05, 0.1) is 6.26 Å². The number of nitrogens with one attached hydrogen (secondary N) is 2. The van der Waals surface area contributed by atoms with Crippen molar-refractivity contribution in [2.24, 2.45) is 10.4 Å². The van der Waals surface area contributed by atoms with Gasteiger partial charge in [-0.2, -0.15) is 0 Å². The van der Waals surface area contributed by atoms with Crippen LogP contribution in [-0.2, 0) is 10.0 Å². The Morgan fingerprint density at radius 3 is 2.28 bits per heavy atom. The summed E-state index contributed by atoms with van der Waals surface area (Å²) in [7, 11) is -3.10. The van der Waals surface area contributed by atoms with Crippen LogP contribution >= 0.6 is 24.0 Å². The van der Waals surface area contributed by atoms with Gasteiger partial charge in [-0.3, -0.25) is 4.99 Å². The van der Waals surface area contributed by atoms with Crippen molar-refractivity contribution in [2.75, 3.05) is 39.0 Å². The van der Waals surface area contributed by atoms with Gasteiger partial charge in [0, 0.05) is 32.7 Å². The van der Waals surface area contributed by atoms with Gasteiger partial charge >= 0.3 is 0 Å². The summed E-state index contributed by atoms with van der Waals surface area (Å²) in [5.74, 6) is 0.847. The molecule has 0 saturated heterocycles. The molecule has 1 rings (SSSR count). The lowest BCUT2D eigenvalue weighted by Crippen LogP contribution is -2.40. The number of halogens is 1. The maximum Gasteiger partial charge on any atom is 0.211 e. The third-order valence-corrected chi connectivity index (χ3v) is 6.41. The molecular formula is C17H37IN4O2S. The number of rotatable bonds is 10. The minimum absolute atomic E-state index is 0. The molecule has 150 valence electrons. The van der Waals surface area contributed by atoms with E-state index in [1.54, 1.807) is 0 Å². The van der Waals surface area contributed by atoms with Crippen LogP contribution in [0.4, 0.5) is 0 Å². The largest absolute Gasteiger partial charge is 0.357 e. The van der Waals surface area contributed by atoms with Gasteiger partial charge in [-0.25, -0.2) is 12.7 Å². The summed E-state index contributed by atoms with van der Waals surface area (Å²) in [6, 6.07) is 0. The zero-order valence-corrected chi connectivity index (χ0v) is 19.5. The average molecular weight is 488 g/mol. The minimum atomic E-state index is -3.10. The number of hydrogen-bond acceptors (Lipinski definition) is 3. The maximum absolute atomic E-state index is 11.6. The van der Waals surface area contributed by atoms with Gasteiger partial charge in [-0.1, -0.05) is 26.7 Å². The summed E-state index contributed by atoms with van der Waals surface area (Å²) in [5.41, 5.74) is 0.387. The Kier molecular flexibility index (Phi) is 12.3. The van der Waals surface area contributed by atoms with Crippen LogP contribution in [0.25, 0.3) is 0 Å². The molecule has 0 spiro atoms. The van der Waals surface area contributed by atoms with Crippen LogP contribution in [0.5, 0.6) is 0 Å². The molecule has 0 aromatic rings. The quantitative estimate of drug-likeness (QED) is 0.215. The van der Waals surface area contributed by atoms with E-state index in [1.165, 1.54) is 42.7 Å². The Morgan fingerprint density at radius 1 is 1.16 bits per heavy atom. The molecule has 1 fully saturated rings. The van der Waals surface area contributed by atoms with Crippen LogP contribution in [0.3, 0.4) is 0 Å². The van der Waals surface area contributed by atoms with Crippen LogP contribution < -0.4 is 10.6 Å². The SMILES string of the molecule is CCNC(=NCC1(CC)CCCC1)NCCCN(CC)S(C)(=O)=O.I. The number of nitrogens with zero attached hydrogens (tertiary/aromatic N) is 2. The van der Waals surface area contributed by atoms with E-state index < -0.39 is 10.0 Å². The Hall–Kier alpha value is -0.0900. The summed E-state index contributed by atoms with van der Waals surface area (Å²) in [6.07, 6.45) is 8.44. The van der Waals surface area contributed by atoms with Crippen LogP contribution in [0.2, 0.25) is 0 Å². The van der Waals surface area contributed by atoms with Gasteiger partial charge in [0.25, 0.3) is 0 Å². The lowest BCUT2D eigenvalue weighted by Gasteiger charge is -2.25. The van der Waals surface area contributed by atoms with E-state index in [1.807, 2.05) is 6.92 Å². The molecule has 6 nitrogen and oxygen atoms in total. The summed E-state index contributed by atoms with van der Waals surface area (Å²) in [5, 5.41) is 6.62. The number of sulfonamides is 1. The van der Waals surface area contributed by atoms with Crippen molar-refractivity contribution in [3.05, 3.63) is 0 Å². The highest BCUT2D eigenvalue weighted by molar-refractivity contribution is 14.0. The second-order valence-corrected chi connectivity index (χ2v) is 8.77. The molecule has 0 amide bonds. The molecule has 1 aliphatic carbocycles. The topological polar surface area (TPSA) is 73.8 Å². The molecule has 0 heterocycles. The lowest BCUT2D eigenvalue weighted by molar-refractivity contribution is 0.297. The van der Waals surface area contributed by atoms with E-state index in [4.69, 9.17) is 4.99 Å². The summed E-state index contributed by atoms with van der Waals surface area (Å²) < 4.78 is 24.7. The van der Waals surface area contributed by atoms with E-state index in [0.29, 0.717) is 18.5 Å². The molecule has 0 unspecified atom stereocenters. The van der Waals surface area contributed by atoms with Crippen LogP contribution in [-0.4, -0.2) is 57.7 Å². The Morgan fingerprint density at radius 2 is 1.80 bits per heavy atom. The van der Waals surface area contributed by atoms with Crippen molar-refractivity contribution in [2.45, 2.75) is 59.3 Å². The van der Waals surface area contributed by atoms with Crippen LogP contribution in [0.1, 0.15) is 59.3 Å². The number of guanidine groups is 1. The van der Waals surface area contributed by atoms with Gasteiger partial charge in [0.15, 0.2) is 5.96 Å². The zero-order chi connectivity index (χ0) is 18.1. The monoisotopic (exact) mass is 488 g/mol. The van der Waals surface area contributed by atoms with Crippen LogP contribution in [0, 0.1) is 5.41 Å². The average Bonchev–Trinajstić information content (AvgIpc) is 3.00. The molecular weight excluding hydrogens is 451 g/mol. The van der Waals surface area contributed by atoms with E-state index in [0.717, 1.165) is 32.0 Å². The molecule has 0 aromatic heterocycles. The zero-order valence-electron chi connectivity index (χ0n) is 16.3. The van der Waals surface area contributed by atoms with Gasteiger partial charge in [-0.05, 0) is 38.0 Å². The fourth-order valence-electron chi connectivity index (χ4n) is 3.36. The molecule has 1 aliphatic rings. The van der Waals surface area contributed by atoms with Crippen molar-refractivity contribution in [3.63, 3.8) is 0 Å². The first-order chi connectivity index (χ1) is 11.4. The second-order valence-electron chi connectivity index (χ2n) is 6.79. The lowest BCUT2D eigenvalue weighted by atomic mass is 9.84. The van der Waals surface area contributed by atoms with E-state index >= 15 is 0 Å². The molecule has 0 radical (unpaired) electrons. The molecule has 0 atom stereocenters. The summed E-state index contributed by atoms with van der Waals surface area (Å²) in [6.45, 7) is 9.69. The molecule has 0 aromatic carbocycles. The summed E-state index contributed by atoms with van der Waals surface area (Å²) in [4.78, 5) is 4.79. The number of hydrogen-bond donors (Lipinski definition) is 2. The molecule has 1 saturated carbocycles. The first kappa shape index (κ1) is 24.9. The van der Waals surface area contributed by atoms with Crippen molar-refractivity contribution in [1.29, 1.82) is 0 Å². The highest BCUT2D eigenvalue weighted by Crippen LogP contribution is 2.41. The predicted octanol–water partition coefficient (Wildman–Crippen LogP) is 2.80. The van der Waals surface area contributed by atoms with Crippen molar-refractivity contribution >= 4 is 40.0 Å². The Labute approximate surface area is 171 Å². The highest BCUT2D eigenvalue weighted by Gasteiger charge is 2.31. The smallest absolute Gasteiger partial charge is 0.211 e. The third kappa shape index (κ3) is 8.90. The third-order valence-electron chi connectivity index (χ3n) is 5.03. The summed E-state index contributed by atoms with van der Waals surface area (Å²) >= 11 is 0. The van der Waals surface area contributed by atoms with Gasteiger partial charge in [-0.15, -0.1) is 24.0 Å². The molecule has 8 heteroatoms. The van der Waals surface area contributed by atoms with E-state index in [9.17, 15) is 8.42 Å². The molecule has 0 bridgehead atoms. The Balaban J connectivity index is 0.00000576. The first-order valence-electron chi connectivity index (χ1n) is 9.34. The standard InChI is InChI=1S/C17H36N4O2S.HI/c1-5-17(11-8-9-12-17)15-20-16(18-6-2)19-13-10-14-21(7-3)24(4,22)23;/h5-15H2,1-4H3,(H2,18,19,20);1H. The fourth-order valence-corrected chi connectivity index (χ4v) is 4.29. The molecule has 0 aliphatic heterocycles. The van der Waals surface area contributed by atoms with Crippen molar-refractivity contribution in [3.8, 4) is 0 Å². The van der Waals surface area contributed by atoms with Crippen LogP contribution in [0.15, 0.2) is 4.99 Å². The highest BCUT2D eigenvalue weighted by atomic mass is 127.